The zero-order valence-electron chi connectivity index (χ0n) is 27.3. The number of halogens is 6. The van der Waals surface area contributed by atoms with Crippen molar-refractivity contribution in [3.05, 3.63) is 76.7 Å². The van der Waals surface area contributed by atoms with Gasteiger partial charge in [0, 0.05) is 34.8 Å². The second kappa shape index (κ2) is 14.8. The predicted molar refractivity (Wildman–Crippen MR) is 173 cm³/mol. The average molecular weight is 708 g/mol. The van der Waals surface area contributed by atoms with Crippen LogP contribution in [-0.4, -0.2) is 45.6 Å². The lowest BCUT2D eigenvalue weighted by atomic mass is 9.96. The number of fused-ring (bicyclic) bond motifs is 2. The Morgan fingerprint density at radius 2 is 1.76 bits per heavy atom. The first-order chi connectivity index (χ1) is 23.7. The van der Waals surface area contributed by atoms with Crippen LogP contribution in [0.1, 0.15) is 68.2 Å². The Balaban J connectivity index is 0.00000239. The fourth-order valence-electron chi connectivity index (χ4n) is 6.49. The Bertz CT molecular complexity index is 1880. The Hall–Kier alpha value is -4.51. The molecule has 0 amide bonds. The van der Waals surface area contributed by atoms with Crippen molar-refractivity contribution in [1.29, 1.82) is 0 Å². The second-order valence-corrected chi connectivity index (χ2v) is 12.0. The highest BCUT2D eigenvalue weighted by molar-refractivity contribution is 5.88. The number of alkyl halides is 3. The fourth-order valence-corrected chi connectivity index (χ4v) is 6.49. The monoisotopic (exact) mass is 707 g/mol. The summed E-state index contributed by atoms with van der Waals surface area (Å²) in [6.07, 6.45) is 0.391. The van der Waals surface area contributed by atoms with Crippen LogP contribution in [0.3, 0.4) is 0 Å². The molecule has 16 heteroatoms. The minimum absolute atomic E-state index is 0.0314. The SMILES string of the molecule is CCc1cc(-c2c(F)ccc(N[N+](O)(O)c3cc(F)cc4c3CCC4OC(=O)C(F)(F)F)c2F)cc2cnc(NC3CCCCC3)nc12.CN. The first kappa shape index (κ1) is 36.8. The maximum absolute atomic E-state index is 16.1. The van der Waals surface area contributed by atoms with Crippen LogP contribution in [-0.2, 0) is 22.4 Å². The first-order valence-corrected chi connectivity index (χ1v) is 16.1. The third-order valence-corrected chi connectivity index (χ3v) is 8.78. The average Bonchev–Trinajstić information content (AvgIpc) is 3.48. The molecule has 0 saturated heterocycles. The van der Waals surface area contributed by atoms with E-state index in [9.17, 15) is 32.8 Å². The van der Waals surface area contributed by atoms with E-state index in [-0.39, 0.29) is 35.6 Å². The van der Waals surface area contributed by atoms with Gasteiger partial charge in [-0.2, -0.15) is 18.6 Å². The number of ether oxygens (including phenoxy) is 1. The van der Waals surface area contributed by atoms with Gasteiger partial charge in [0.1, 0.15) is 23.4 Å². The molecule has 1 fully saturated rings. The summed E-state index contributed by atoms with van der Waals surface area (Å²) in [4.78, 5) is 18.2. The van der Waals surface area contributed by atoms with E-state index in [4.69, 9.17) is 0 Å². The Labute approximate surface area is 283 Å². The molecule has 3 aromatic carbocycles. The number of nitrogens with two attached hydrogens (primary N) is 1. The van der Waals surface area contributed by atoms with Crippen LogP contribution < -0.4 is 21.4 Å². The number of carbonyl (C=O) groups is 1. The maximum Gasteiger partial charge on any atom is 0.490 e. The molecular weight excluding hydrogens is 670 g/mol. The number of nitrogens with one attached hydrogen (secondary N) is 2. The summed E-state index contributed by atoms with van der Waals surface area (Å²) in [5.41, 5.74) is 6.12. The second-order valence-electron chi connectivity index (χ2n) is 12.0. The smallest absolute Gasteiger partial charge is 0.451 e. The number of hydrogen-bond acceptors (Lipinski definition) is 9. The van der Waals surface area contributed by atoms with Gasteiger partial charge < -0.3 is 15.8 Å². The van der Waals surface area contributed by atoms with E-state index < -0.39 is 57.6 Å². The molecule has 2 aliphatic carbocycles. The van der Waals surface area contributed by atoms with E-state index in [1.54, 1.807) is 12.3 Å². The van der Waals surface area contributed by atoms with Crippen molar-refractivity contribution in [3.8, 4) is 11.1 Å². The van der Waals surface area contributed by atoms with Crippen LogP contribution in [0.15, 0.2) is 42.6 Å². The lowest BCUT2D eigenvalue weighted by molar-refractivity contribution is -0.273. The Kier molecular flexibility index (Phi) is 10.9. The summed E-state index contributed by atoms with van der Waals surface area (Å²) in [6, 6.07) is 6.71. The maximum atomic E-state index is 16.1. The minimum Gasteiger partial charge on any atom is -0.451 e. The summed E-state index contributed by atoms with van der Waals surface area (Å²) in [6.45, 7) is 1.87. The van der Waals surface area contributed by atoms with Gasteiger partial charge in [0.05, 0.1) is 16.0 Å². The van der Waals surface area contributed by atoms with Crippen LogP contribution in [0.2, 0.25) is 0 Å². The molecule has 6 rings (SSSR count). The van der Waals surface area contributed by atoms with E-state index >= 15 is 8.78 Å². The first-order valence-electron chi connectivity index (χ1n) is 16.1. The molecule has 2 aliphatic rings. The molecule has 6 N–H and O–H groups in total. The van der Waals surface area contributed by atoms with Gasteiger partial charge >= 0.3 is 12.1 Å². The number of carbonyl (C=O) groups excluding carboxylic acids is 1. The quantitative estimate of drug-likeness (QED) is 0.0537. The van der Waals surface area contributed by atoms with Crippen molar-refractivity contribution >= 4 is 34.2 Å². The van der Waals surface area contributed by atoms with Gasteiger partial charge in [-0.25, -0.2) is 27.9 Å². The predicted octanol–water partition coefficient (Wildman–Crippen LogP) is 7.80. The topological polar surface area (TPSA) is 143 Å². The highest BCUT2D eigenvalue weighted by atomic mass is 19.4. The number of aromatic nitrogens is 2. The van der Waals surface area contributed by atoms with Crippen LogP contribution >= 0.6 is 0 Å². The fraction of sp³-hybridized carbons (Fsp3) is 0.382. The molecule has 0 bridgehead atoms. The number of quaternary nitrogens is 1. The van der Waals surface area contributed by atoms with Crippen LogP contribution in [0, 0.1) is 17.5 Å². The third kappa shape index (κ3) is 7.62. The van der Waals surface area contributed by atoms with Crippen molar-refractivity contribution < 1.29 is 46.3 Å². The van der Waals surface area contributed by atoms with Gasteiger partial charge in [-0.05, 0) is 80.6 Å². The summed E-state index contributed by atoms with van der Waals surface area (Å²) in [7, 11) is 1.50. The Morgan fingerprint density at radius 1 is 1.04 bits per heavy atom. The lowest BCUT2D eigenvalue weighted by Gasteiger charge is -2.24. The standard InChI is InChI=1S/C33H32F6N5O4.CH5N/c1-2-17-12-18(13-19-16-40-32(42-30(17)19)41-21-6-4-3-5-7-21)28-24(35)9-10-25(29(28)36)43-44(46,47)26-15-20(34)14-23-22(26)8-11-27(23)48-31(45)33(37,38)39;1-2/h9-10,12-16,21,27,43,46-47H,2-8,11H2,1H3,(H,40,41,42);2H2,1H3/q+1;. The van der Waals surface area contributed by atoms with Gasteiger partial charge in [-0.15, -0.1) is 10.4 Å². The van der Waals surface area contributed by atoms with Crippen LogP contribution in [0.4, 0.5) is 43.7 Å². The van der Waals surface area contributed by atoms with E-state index in [1.165, 1.54) is 19.5 Å². The highest BCUT2D eigenvalue weighted by Crippen LogP contribution is 2.43. The number of anilines is 2. The summed E-state index contributed by atoms with van der Waals surface area (Å²) < 4.78 is 88.9. The molecule has 10 nitrogen and oxygen atoms in total. The zero-order valence-corrected chi connectivity index (χ0v) is 27.3. The van der Waals surface area contributed by atoms with E-state index in [0.29, 0.717) is 34.9 Å². The van der Waals surface area contributed by atoms with Crippen molar-refractivity contribution in [2.45, 2.75) is 76.6 Å². The molecule has 4 aromatic rings. The number of aryl methyl sites for hydroxylation is 1. The molecule has 0 aliphatic heterocycles. The van der Waals surface area contributed by atoms with Gasteiger partial charge in [-0.1, -0.05) is 26.2 Å². The number of hydrogen-bond donors (Lipinski definition) is 5. The normalized spacial score (nSPS) is 16.4. The molecule has 1 saturated carbocycles. The van der Waals surface area contributed by atoms with Crippen molar-refractivity contribution in [3.63, 3.8) is 0 Å². The molecular formula is C34H37F6N6O4+. The van der Waals surface area contributed by atoms with E-state index in [2.05, 4.69) is 31.2 Å². The lowest BCUT2D eigenvalue weighted by Crippen LogP contribution is -2.48. The Morgan fingerprint density at radius 3 is 2.44 bits per heavy atom. The summed E-state index contributed by atoms with van der Waals surface area (Å²) in [5.74, 6) is -5.26. The molecule has 1 unspecified atom stereocenters. The van der Waals surface area contributed by atoms with Crippen molar-refractivity contribution in [2.24, 2.45) is 5.73 Å². The van der Waals surface area contributed by atoms with Gasteiger partial charge in [-0.3, -0.25) is 0 Å². The number of rotatable bonds is 8. The molecule has 50 heavy (non-hydrogen) atoms. The number of nitrogens with zero attached hydrogens (tertiary/aromatic N) is 3. The highest BCUT2D eigenvalue weighted by Gasteiger charge is 2.45. The van der Waals surface area contributed by atoms with Gasteiger partial charge in [0.25, 0.3) is 0 Å². The molecule has 0 radical (unpaired) electrons. The molecule has 0 spiro atoms. The third-order valence-electron chi connectivity index (χ3n) is 8.78. The summed E-state index contributed by atoms with van der Waals surface area (Å²) in [5, 5.41) is 25.9. The van der Waals surface area contributed by atoms with E-state index in [0.717, 1.165) is 43.9 Å². The van der Waals surface area contributed by atoms with Crippen molar-refractivity contribution in [1.82, 2.24) is 14.9 Å². The molecule has 1 atom stereocenters. The van der Waals surface area contributed by atoms with Crippen LogP contribution in [0.5, 0.6) is 0 Å². The summed E-state index contributed by atoms with van der Waals surface area (Å²) >= 11 is 0. The molecule has 268 valence electrons. The minimum atomic E-state index is -5.29. The number of esters is 1. The van der Waals surface area contributed by atoms with Crippen LogP contribution in [0.25, 0.3) is 22.0 Å². The van der Waals surface area contributed by atoms with Crippen molar-refractivity contribution in [2.75, 3.05) is 17.8 Å². The van der Waals surface area contributed by atoms with Gasteiger partial charge in [0.15, 0.2) is 5.82 Å². The number of benzene rings is 3. The van der Waals surface area contributed by atoms with E-state index in [1.807, 2.05) is 6.92 Å². The molecule has 1 heterocycles. The molecule has 1 aromatic heterocycles. The van der Waals surface area contributed by atoms with Gasteiger partial charge in [0.2, 0.25) is 11.6 Å². The largest absolute Gasteiger partial charge is 0.490 e. The zero-order chi connectivity index (χ0) is 36.4.